The van der Waals surface area contributed by atoms with Crippen molar-refractivity contribution in [2.45, 2.75) is 0 Å². The maximum absolute atomic E-state index is 8.74. The average Bonchev–Trinajstić information content (AvgIpc) is 3.66. The van der Waals surface area contributed by atoms with E-state index in [2.05, 4.69) is 116 Å². The number of allylic oxidation sites excluding steroid dienone is 7. The third-order valence-electron chi connectivity index (χ3n) is 9.06. The van der Waals surface area contributed by atoms with Crippen LogP contribution in [0.2, 0.25) is 0 Å². The van der Waals surface area contributed by atoms with Gasteiger partial charge in [0.25, 0.3) is 0 Å². The van der Waals surface area contributed by atoms with Gasteiger partial charge >= 0.3 is 0 Å². The summed E-state index contributed by atoms with van der Waals surface area (Å²) in [5, 5.41) is 13.5. The summed E-state index contributed by atoms with van der Waals surface area (Å²) in [6.45, 7) is 7.67. The first kappa shape index (κ1) is 28.2. The van der Waals surface area contributed by atoms with E-state index in [0.29, 0.717) is 11.3 Å². The molecule has 1 aliphatic rings. The van der Waals surface area contributed by atoms with E-state index >= 15 is 0 Å². The van der Waals surface area contributed by atoms with Crippen LogP contribution in [-0.4, -0.2) is 5.71 Å². The quantitative estimate of drug-likeness (QED) is 0.136. The topological polar surface area (TPSA) is 37.0 Å². The molecule has 1 N–H and O–H groups in total. The number of benzene rings is 6. The van der Waals surface area contributed by atoms with E-state index in [-0.39, 0.29) is 0 Å². The second-order valence-corrected chi connectivity index (χ2v) is 11.7. The molecular weight excluding hydrogens is 571 g/mol. The van der Waals surface area contributed by atoms with Crippen molar-refractivity contribution in [2.75, 3.05) is 0 Å². The predicted molar refractivity (Wildman–Crippen MR) is 201 cm³/mol. The van der Waals surface area contributed by atoms with Crippen LogP contribution in [0.1, 0.15) is 11.1 Å². The zero-order valence-electron chi connectivity index (χ0n) is 25.8. The predicted octanol–water partition coefficient (Wildman–Crippen LogP) is 12.5. The Hall–Kier alpha value is -6.25. The Kier molecular flexibility index (Phi) is 6.97. The van der Waals surface area contributed by atoms with Gasteiger partial charge in [0.2, 0.25) is 0 Å². The largest absolute Gasteiger partial charge is 0.456 e. The minimum atomic E-state index is 0.369. The molecule has 0 radical (unpaired) electrons. The van der Waals surface area contributed by atoms with Crippen LogP contribution in [0.5, 0.6) is 0 Å². The molecular formula is C45H31NO. The highest BCUT2D eigenvalue weighted by atomic mass is 16.3. The molecule has 8 rings (SSSR count). The van der Waals surface area contributed by atoms with E-state index in [1.54, 1.807) is 18.2 Å². The average molecular weight is 602 g/mol. The fraction of sp³-hybridized carbons (Fsp3) is 0. The molecule has 0 bridgehead atoms. The van der Waals surface area contributed by atoms with E-state index in [4.69, 9.17) is 9.83 Å². The standard InChI is InChI=1S/C45H31NO/c1-3-12-29(4-2)41(46)28-32(30-13-6-5-7-14-30)22-21-31-15-10-20-43-44(31)40-27-33(23-26-42(40)47-43)34-24-25-39-36-17-9-8-16-35(36)38-19-11-18-37(34)45(38)39/h3-28,46H,1-2H2/b22-21+,29-12+,32-28+,46-41?. The summed E-state index contributed by atoms with van der Waals surface area (Å²) in [4.78, 5) is 0. The summed E-state index contributed by atoms with van der Waals surface area (Å²) in [6, 6.07) is 42.7. The molecule has 47 heavy (non-hydrogen) atoms. The van der Waals surface area contributed by atoms with Crippen molar-refractivity contribution < 1.29 is 4.42 Å². The van der Waals surface area contributed by atoms with Crippen molar-refractivity contribution in [1.29, 1.82) is 5.41 Å². The Labute approximate surface area is 274 Å². The van der Waals surface area contributed by atoms with Crippen molar-refractivity contribution >= 4 is 50.1 Å². The molecule has 7 aromatic rings. The molecule has 0 atom stereocenters. The van der Waals surface area contributed by atoms with Crippen LogP contribution in [0.4, 0.5) is 0 Å². The first-order valence-electron chi connectivity index (χ1n) is 15.7. The summed E-state index contributed by atoms with van der Waals surface area (Å²) in [5.41, 5.74) is 13.3. The third-order valence-corrected chi connectivity index (χ3v) is 9.06. The smallest absolute Gasteiger partial charge is 0.136 e. The van der Waals surface area contributed by atoms with Gasteiger partial charge < -0.3 is 9.83 Å². The molecule has 2 heteroatoms. The van der Waals surface area contributed by atoms with Crippen molar-refractivity contribution in [3.8, 4) is 33.4 Å². The Morgan fingerprint density at radius 1 is 0.617 bits per heavy atom. The molecule has 1 aromatic heterocycles. The number of rotatable bonds is 8. The van der Waals surface area contributed by atoms with Crippen molar-refractivity contribution in [1.82, 2.24) is 0 Å². The molecule has 0 fully saturated rings. The Morgan fingerprint density at radius 2 is 1.34 bits per heavy atom. The van der Waals surface area contributed by atoms with Gasteiger partial charge in [-0.15, -0.1) is 0 Å². The fourth-order valence-electron chi connectivity index (χ4n) is 6.89. The summed E-state index contributed by atoms with van der Waals surface area (Å²) < 4.78 is 6.38. The summed E-state index contributed by atoms with van der Waals surface area (Å²) >= 11 is 0. The van der Waals surface area contributed by atoms with E-state index < -0.39 is 0 Å². The molecule has 6 aromatic carbocycles. The lowest BCUT2D eigenvalue weighted by molar-refractivity contribution is 0.669. The molecule has 0 unspecified atom stereocenters. The highest BCUT2D eigenvalue weighted by Crippen LogP contribution is 2.49. The van der Waals surface area contributed by atoms with Crippen LogP contribution < -0.4 is 0 Å². The lowest BCUT2D eigenvalue weighted by Crippen LogP contribution is -1.96. The molecule has 0 amide bonds. The van der Waals surface area contributed by atoms with E-state index in [1.807, 2.05) is 36.4 Å². The van der Waals surface area contributed by atoms with Crippen LogP contribution in [0, 0.1) is 5.41 Å². The SMILES string of the molecule is C=C/C=C(\C=C)C(=N)/C=C(\C=C\c1cccc2oc3ccc(-c4ccc5c6c(cccc46)-c4ccccc4-5)cc3c12)c1ccccc1. The Morgan fingerprint density at radius 3 is 2.13 bits per heavy atom. The second kappa shape index (κ2) is 11.6. The summed E-state index contributed by atoms with van der Waals surface area (Å²) in [7, 11) is 0. The summed E-state index contributed by atoms with van der Waals surface area (Å²) in [5.74, 6) is 0. The molecule has 1 aliphatic carbocycles. The molecule has 0 saturated heterocycles. The third kappa shape index (κ3) is 4.79. The van der Waals surface area contributed by atoms with Crippen molar-refractivity contribution in [2.24, 2.45) is 0 Å². The van der Waals surface area contributed by atoms with Crippen LogP contribution in [0.15, 0.2) is 175 Å². The van der Waals surface area contributed by atoms with Crippen LogP contribution in [0.3, 0.4) is 0 Å². The van der Waals surface area contributed by atoms with Crippen LogP contribution in [-0.2, 0) is 0 Å². The highest BCUT2D eigenvalue weighted by molar-refractivity contribution is 6.19. The van der Waals surface area contributed by atoms with E-state index in [9.17, 15) is 0 Å². The molecule has 2 nitrogen and oxygen atoms in total. The maximum Gasteiger partial charge on any atom is 0.136 e. The molecule has 1 heterocycles. The lowest BCUT2D eigenvalue weighted by atomic mass is 9.93. The molecule has 0 saturated carbocycles. The zero-order chi connectivity index (χ0) is 31.9. The van der Waals surface area contributed by atoms with Crippen LogP contribution >= 0.6 is 0 Å². The van der Waals surface area contributed by atoms with Crippen molar-refractivity contribution in [3.05, 3.63) is 182 Å². The summed E-state index contributed by atoms with van der Waals surface area (Å²) in [6.07, 6.45) is 11.2. The van der Waals surface area contributed by atoms with Gasteiger partial charge in [0.15, 0.2) is 0 Å². The van der Waals surface area contributed by atoms with Gasteiger partial charge in [0.05, 0.1) is 5.71 Å². The van der Waals surface area contributed by atoms with Crippen molar-refractivity contribution in [3.63, 3.8) is 0 Å². The van der Waals surface area contributed by atoms with Gasteiger partial charge in [-0.2, -0.15) is 0 Å². The number of nitrogens with one attached hydrogen (secondary N) is 1. The minimum Gasteiger partial charge on any atom is -0.456 e. The zero-order valence-corrected chi connectivity index (χ0v) is 25.8. The van der Waals surface area contributed by atoms with E-state index in [0.717, 1.165) is 44.2 Å². The molecule has 0 aliphatic heterocycles. The van der Waals surface area contributed by atoms with Crippen LogP contribution in [0.25, 0.3) is 77.7 Å². The van der Waals surface area contributed by atoms with Gasteiger partial charge in [-0.1, -0.05) is 147 Å². The van der Waals surface area contributed by atoms with Gasteiger partial charge in [0.1, 0.15) is 11.2 Å². The molecule has 222 valence electrons. The maximum atomic E-state index is 8.74. The number of fused-ring (bicyclic) bond motifs is 6. The number of hydrogen-bond donors (Lipinski definition) is 1. The number of furan rings is 1. The Balaban J connectivity index is 1.26. The lowest BCUT2D eigenvalue weighted by Gasteiger charge is -2.10. The van der Waals surface area contributed by atoms with Gasteiger partial charge in [-0.05, 0) is 90.7 Å². The fourth-order valence-corrected chi connectivity index (χ4v) is 6.89. The highest BCUT2D eigenvalue weighted by Gasteiger charge is 2.22. The van der Waals surface area contributed by atoms with E-state index in [1.165, 1.54) is 38.6 Å². The Bertz CT molecular complexity index is 2470. The van der Waals surface area contributed by atoms with Gasteiger partial charge in [-0.3, -0.25) is 0 Å². The van der Waals surface area contributed by atoms with Gasteiger partial charge in [0, 0.05) is 10.8 Å². The first-order valence-corrected chi connectivity index (χ1v) is 15.7. The minimum absolute atomic E-state index is 0.369. The first-order chi connectivity index (χ1) is 23.1. The normalized spacial score (nSPS) is 12.7. The molecule has 0 spiro atoms. The number of hydrogen-bond acceptors (Lipinski definition) is 2. The second-order valence-electron chi connectivity index (χ2n) is 11.7. The monoisotopic (exact) mass is 601 g/mol. The van der Waals surface area contributed by atoms with Gasteiger partial charge in [-0.25, -0.2) is 0 Å².